The van der Waals surface area contributed by atoms with E-state index in [1.165, 1.54) is 0 Å². The van der Waals surface area contributed by atoms with Gasteiger partial charge in [0, 0.05) is 10.6 Å². The number of fused-ring (bicyclic) bond motifs is 1. The van der Waals surface area contributed by atoms with E-state index in [1.54, 1.807) is 0 Å². The molecule has 0 amide bonds. The van der Waals surface area contributed by atoms with Crippen LogP contribution >= 0.6 is 11.6 Å². The first-order valence-electron chi connectivity index (χ1n) is 5.92. The molecule has 0 saturated heterocycles. The minimum atomic E-state index is 0.0750. The van der Waals surface area contributed by atoms with Gasteiger partial charge in [0.05, 0.1) is 0 Å². The Morgan fingerprint density at radius 1 is 1.11 bits per heavy atom. The summed E-state index contributed by atoms with van der Waals surface area (Å²) in [5, 5.41) is 0.731. The number of hydrogen-bond donors (Lipinski definition) is 0. The highest BCUT2D eigenvalue weighted by molar-refractivity contribution is 6.30. The van der Waals surface area contributed by atoms with Crippen molar-refractivity contribution in [2.24, 2.45) is 0 Å². The maximum Gasteiger partial charge on any atom is 0.169 e. The number of para-hydroxylation sites is 1. The Bertz CT molecular complexity index is 563. The quantitative estimate of drug-likeness (QED) is 0.766. The molecule has 0 saturated carbocycles. The Balaban J connectivity index is 2.09. The molecule has 0 fully saturated rings. The molecule has 0 aromatic heterocycles. The van der Waals surface area contributed by atoms with Crippen LogP contribution in [0.2, 0.25) is 5.02 Å². The van der Waals surface area contributed by atoms with Gasteiger partial charge in [-0.3, -0.25) is 0 Å². The molecule has 0 aliphatic carbocycles. The maximum absolute atomic E-state index is 5.91. The van der Waals surface area contributed by atoms with Crippen LogP contribution in [0, 0.1) is 0 Å². The Labute approximate surface area is 111 Å². The largest absolute Gasteiger partial charge is 0.486 e. The first-order chi connectivity index (χ1) is 8.74. The third-order valence-corrected chi connectivity index (χ3v) is 3.18. The van der Waals surface area contributed by atoms with E-state index in [9.17, 15) is 0 Å². The molecule has 2 nitrogen and oxygen atoms in total. The first kappa shape index (κ1) is 11.4. The first-order valence-corrected chi connectivity index (χ1v) is 6.30. The Morgan fingerprint density at radius 2 is 1.89 bits per heavy atom. The molecule has 0 bridgehead atoms. The summed E-state index contributed by atoms with van der Waals surface area (Å²) < 4.78 is 11.6. The average molecular weight is 261 g/mol. The van der Waals surface area contributed by atoms with E-state index in [1.807, 2.05) is 49.4 Å². The molecule has 0 N–H and O–H groups in total. The van der Waals surface area contributed by atoms with Gasteiger partial charge in [-0.1, -0.05) is 35.9 Å². The molecule has 3 heteroatoms. The van der Waals surface area contributed by atoms with Crippen molar-refractivity contribution in [3.8, 4) is 22.6 Å². The van der Waals surface area contributed by atoms with E-state index in [4.69, 9.17) is 21.1 Å². The lowest BCUT2D eigenvalue weighted by molar-refractivity contribution is 0.105. The number of hydrogen-bond acceptors (Lipinski definition) is 2. The van der Waals surface area contributed by atoms with Crippen LogP contribution in [0.5, 0.6) is 11.5 Å². The van der Waals surface area contributed by atoms with Crippen molar-refractivity contribution in [2.45, 2.75) is 13.0 Å². The van der Waals surface area contributed by atoms with Crippen LogP contribution in [0.4, 0.5) is 0 Å². The summed E-state index contributed by atoms with van der Waals surface area (Å²) in [6, 6.07) is 13.7. The van der Waals surface area contributed by atoms with E-state index >= 15 is 0 Å². The Kier molecular flexibility index (Phi) is 2.88. The molecule has 3 rings (SSSR count). The van der Waals surface area contributed by atoms with Crippen molar-refractivity contribution in [2.75, 3.05) is 6.61 Å². The van der Waals surface area contributed by atoms with E-state index in [-0.39, 0.29) is 6.10 Å². The SMILES string of the molecule is C[C@@H]1COc2cccc(-c3ccc(Cl)cc3)c2O1. The molecule has 1 atom stereocenters. The van der Waals surface area contributed by atoms with Gasteiger partial charge in [0.15, 0.2) is 11.5 Å². The molecule has 92 valence electrons. The summed E-state index contributed by atoms with van der Waals surface area (Å²) in [5.41, 5.74) is 2.12. The Morgan fingerprint density at radius 3 is 2.67 bits per heavy atom. The van der Waals surface area contributed by atoms with Crippen LogP contribution in [0.3, 0.4) is 0 Å². The maximum atomic E-state index is 5.91. The van der Waals surface area contributed by atoms with Gasteiger partial charge in [-0.25, -0.2) is 0 Å². The zero-order valence-electron chi connectivity index (χ0n) is 10.0. The molecule has 1 heterocycles. The van der Waals surface area contributed by atoms with E-state index < -0.39 is 0 Å². The number of ether oxygens (including phenoxy) is 2. The van der Waals surface area contributed by atoms with Crippen LogP contribution in [0.15, 0.2) is 42.5 Å². The minimum Gasteiger partial charge on any atom is -0.486 e. The van der Waals surface area contributed by atoms with Crippen molar-refractivity contribution in [1.29, 1.82) is 0 Å². The summed E-state index contributed by atoms with van der Waals surface area (Å²) in [4.78, 5) is 0. The van der Waals surface area contributed by atoms with Crippen LogP contribution in [0.25, 0.3) is 11.1 Å². The fraction of sp³-hybridized carbons (Fsp3) is 0.200. The van der Waals surface area contributed by atoms with Gasteiger partial charge in [-0.2, -0.15) is 0 Å². The van der Waals surface area contributed by atoms with Gasteiger partial charge >= 0.3 is 0 Å². The molecule has 0 radical (unpaired) electrons. The lowest BCUT2D eigenvalue weighted by atomic mass is 10.0. The molecule has 0 unspecified atom stereocenters. The summed E-state index contributed by atoms with van der Waals surface area (Å²) in [5.74, 6) is 1.62. The van der Waals surface area contributed by atoms with Crippen LogP contribution in [-0.4, -0.2) is 12.7 Å². The van der Waals surface area contributed by atoms with Crippen molar-refractivity contribution in [3.05, 3.63) is 47.5 Å². The molecule has 2 aromatic carbocycles. The van der Waals surface area contributed by atoms with Crippen LogP contribution in [-0.2, 0) is 0 Å². The van der Waals surface area contributed by atoms with Crippen molar-refractivity contribution in [1.82, 2.24) is 0 Å². The van der Waals surface area contributed by atoms with Gasteiger partial charge in [0.1, 0.15) is 12.7 Å². The van der Waals surface area contributed by atoms with Gasteiger partial charge in [-0.15, -0.1) is 0 Å². The molecule has 0 spiro atoms. The smallest absolute Gasteiger partial charge is 0.169 e. The summed E-state index contributed by atoms with van der Waals surface area (Å²) in [7, 11) is 0. The molecule has 1 aliphatic rings. The topological polar surface area (TPSA) is 18.5 Å². The lowest BCUT2D eigenvalue weighted by Gasteiger charge is -2.26. The fourth-order valence-electron chi connectivity index (χ4n) is 2.05. The number of rotatable bonds is 1. The molecular formula is C15H13ClO2. The zero-order valence-corrected chi connectivity index (χ0v) is 10.8. The highest BCUT2D eigenvalue weighted by atomic mass is 35.5. The third kappa shape index (κ3) is 2.04. The second-order valence-electron chi connectivity index (χ2n) is 4.38. The summed E-state index contributed by atoms with van der Waals surface area (Å²) in [6.07, 6.45) is 0.0750. The predicted octanol–water partition coefficient (Wildman–Crippen LogP) is 4.17. The van der Waals surface area contributed by atoms with Crippen LogP contribution < -0.4 is 9.47 Å². The minimum absolute atomic E-state index is 0.0750. The van der Waals surface area contributed by atoms with Gasteiger partial charge in [0.25, 0.3) is 0 Å². The summed E-state index contributed by atoms with van der Waals surface area (Å²) in [6.45, 7) is 2.60. The van der Waals surface area contributed by atoms with Gasteiger partial charge < -0.3 is 9.47 Å². The van der Waals surface area contributed by atoms with Crippen LogP contribution in [0.1, 0.15) is 6.92 Å². The normalized spacial score (nSPS) is 17.6. The second-order valence-corrected chi connectivity index (χ2v) is 4.82. The highest BCUT2D eigenvalue weighted by Gasteiger charge is 2.20. The van der Waals surface area contributed by atoms with Crippen molar-refractivity contribution in [3.63, 3.8) is 0 Å². The fourth-order valence-corrected chi connectivity index (χ4v) is 2.18. The monoisotopic (exact) mass is 260 g/mol. The van der Waals surface area contributed by atoms with Gasteiger partial charge in [0.2, 0.25) is 0 Å². The second kappa shape index (κ2) is 4.54. The van der Waals surface area contributed by atoms with Crippen molar-refractivity contribution >= 4 is 11.6 Å². The third-order valence-electron chi connectivity index (χ3n) is 2.93. The van der Waals surface area contributed by atoms with E-state index in [0.717, 1.165) is 27.6 Å². The van der Waals surface area contributed by atoms with E-state index in [0.29, 0.717) is 6.61 Å². The standard InChI is InChI=1S/C15H13ClO2/c1-10-9-17-14-4-2-3-13(15(14)18-10)11-5-7-12(16)8-6-11/h2-8,10H,9H2,1H3/t10-/m1/s1. The van der Waals surface area contributed by atoms with Gasteiger partial charge in [-0.05, 0) is 30.7 Å². The van der Waals surface area contributed by atoms with Crippen molar-refractivity contribution < 1.29 is 9.47 Å². The predicted molar refractivity (Wildman–Crippen MR) is 72.5 cm³/mol. The number of halogens is 1. The molecular weight excluding hydrogens is 248 g/mol. The summed E-state index contributed by atoms with van der Waals surface area (Å²) >= 11 is 5.91. The average Bonchev–Trinajstić information content (AvgIpc) is 2.39. The molecule has 18 heavy (non-hydrogen) atoms. The number of benzene rings is 2. The van der Waals surface area contributed by atoms with E-state index in [2.05, 4.69) is 0 Å². The molecule has 1 aliphatic heterocycles. The Hall–Kier alpha value is -1.67. The highest BCUT2D eigenvalue weighted by Crippen LogP contribution is 2.40. The zero-order chi connectivity index (χ0) is 12.5. The molecule has 2 aromatic rings. The lowest BCUT2D eigenvalue weighted by Crippen LogP contribution is -2.26.